The molecule has 0 unspecified atom stereocenters. The molecule has 1 aromatic carbocycles. The first-order valence-electron chi connectivity index (χ1n) is 6.16. The molecule has 0 radical (unpaired) electrons. The van der Waals surface area contributed by atoms with Crippen LogP contribution < -0.4 is 0 Å². The van der Waals surface area contributed by atoms with Gasteiger partial charge in [0.15, 0.2) is 0 Å². The van der Waals surface area contributed by atoms with Gasteiger partial charge in [0.2, 0.25) is 0 Å². The van der Waals surface area contributed by atoms with Crippen molar-refractivity contribution in [2.75, 3.05) is 6.61 Å². The SMILES string of the molecule is CCCC.Cc1ccc(C(C)(C)CO)cc1. The normalized spacial score (nSPS) is 10.6. The van der Waals surface area contributed by atoms with E-state index in [1.165, 1.54) is 24.0 Å². The Balaban J connectivity index is 0.000000487. The van der Waals surface area contributed by atoms with Crippen LogP contribution in [0.2, 0.25) is 0 Å². The van der Waals surface area contributed by atoms with E-state index in [1.807, 2.05) is 13.8 Å². The molecule has 1 aromatic rings. The average Bonchev–Trinajstić information content (AvgIpc) is 2.30. The van der Waals surface area contributed by atoms with Crippen molar-refractivity contribution in [1.29, 1.82) is 0 Å². The molecule has 1 rings (SSSR count). The van der Waals surface area contributed by atoms with Gasteiger partial charge >= 0.3 is 0 Å². The molecule has 1 N–H and O–H groups in total. The van der Waals surface area contributed by atoms with Crippen molar-refractivity contribution in [2.45, 2.75) is 52.9 Å². The maximum absolute atomic E-state index is 9.12. The van der Waals surface area contributed by atoms with Gasteiger partial charge in [-0.1, -0.05) is 70.4 Å². The Labute approximate surface area is 101 Å². The Morgan fingerprint density at radius 2 is 1.44 bits per heavy atom. The second kappa shape index (κ2) is 7.45. The van der Waals surface area contributed by atoms with Crippen molar-refractivity contribution >= 4 is 0 Å². The van der Waals surface area contributed by atoms with Gasteiger partial charge in [-0.05, 0) is 12.5 Å². The fraction of sp³-hybridized carbons (Fsp3) is 0.600. The van der Waals surface area contributed by atoms with Gasteiger partial charge < -0.3 is 5.11 Å². The standard InChI is InChI=1S/C11H16O.C4H10/c1-9-4-6-10(7-5-9)11(2,3)8-12;1-3-4-2/h4-7,12H,8H2,1-3H3;3-4H2,1-2H3. The van der Waals surface area contributed by atoms with Crippen LogP contribution in [0.15, 0.2) is 24.3 Å². The largest absolute Gasteiger partial charge is 0.395 e. The van der Waals surface area contributed by atoms with E-state index in [2.05, 4.69) is 45.0 Å². The van der Waals surface area contributed by atoms with Gasteiger partial charge in [0.1, 0.15) is 0 Å². The van der Waals surface area contributed by atoms with Gasteiger partial charge in [-0.2, -0.15) is 0 Å². The summed E-state index contributed by atoms with van der Waals surface area (Å²) in [7, 11) is 0. The summed E-state index contributed by atoms with van der Waals surface area (Å²) in [5.74, 6) is 0. The predicted octanol–water partition coefficient (Wildman–Crippen LogP) is 4.07. The lowest BCUT2D eigenvalue weighted by molar-refractivity contribution is 0.218. The molecule has 0 spiro atoms. The van der Waals surface area contributed by atoms with Gasteiger partial charge in [0.05, 0.1) is 6.61 Å². The lowest BCUT2D eigenvalue weighted by atomic mass is 9.85. The quantitative estimate of drug-likeness (QED) is 0.817. The maximum atomic E-state index is 9.12. The number of rotatable bonds is 3. The highest BCUT2D eigenvalue weighted by Crippen LogP contribution is 2.22. The first-order valence-corrected chi connectivity index (χ1v) is 6.16. The lowest BCUT2D eigenvalue weighted by Gasteiger charge is -2.22. The van der Waals surface area contributed by atoms with E-state index in [1.54, 1.807) is 0 Å². The van der Waals surface area contributed by atoms with Crippen molar-refractivity contribution in [3.8, 4) is 0 Å². The molecule has 92 valence electrons. The molecule has 0 saturated heterocycles. The Hall–Kier alpha value is -0.820. The average molecular weight is 222 g/mol. The summed E-state index contributed by atoms with van der Waals surface area (Å²) in [6, 6.07) is 8.30. The Morgan fingerprint density at radius 3 is 1.75 bits per heavy atom. The summed E-state index contributed by atoms with van der Waals surface area (Å²) in [5.41, 5.74) is 2.33. The first-order chi connectivity index (χ1) is 7.47. The molecule has 0 bridgehead atoms. The number of aliphatic hydroxyl groups excluding tert-OH is 1. The second-order valence-corrected chi connectivity index (χ2v) is 4.91. The van der Waals surface area contributed by atoms with Crippen LogP contribution in [0.1, 0.15) is 51.7 Å². The van der Waals surface area contributed by atoms with E-state index < -0.39 is 0 Å². The van der Waals surface area contributed by atoms with Crippen LogP contribution in [0.3, 0.4) is 0 Å². The van der Waals surface area contributed by atoms with Gasteiger partial charge in [-0.3, -0.25) is 0 Å². The molecule has 0 heterocycles. The molecule has 0 aliphatic heterocycles. The number of unbranched alkanes of at least 4 members (excludes halogenated alkanes) is 1. The van der Waals surface area contributed by atoms with Crippen molar-refractivity contribution in [3.05, 3.63) is 35.4 Å². The van der Waals surface area contributed by atoms with Crippen LogP contribution in [0.25, 0.3) is 0 Å². The third-order valence-electron chi connectivity index (χ3n) is 2.73. The Bertz CT molecular complexity index is 270. The van der Waals surface area contributed by atoms with E-state index in [-0.39, 0.29) is 12.0 Å². The number of aliphatic hydroxyl groups is 1. The van der Waals surface area contributed by atoms with E-state index >= 15 is 0 Å². The fourth-order valence-electron chi connectivity index (χ4n) is 1.10. The van der Waals surface area contributed by atoms with Crippen LogP contribution >= 0.6 is 0 Å². The summed E-state index contributed by atoms with van der Waals surface area (Å²) < 4.78 is 0. The summed E-state index contributed by atoms with van der Waals surface area (Å²) in [6.45, 7) is 10.7. The van der Waals surface area contributed by atoms with Crippen LogP contribution in [-0.2, 0) is 5.41 Å². The van der Waals surface area contributed by atoms with Crippen molar-refractivity contribution in [1.82, 2.24) is 0 Å². The van der Waals surface area contributed by atoms with Crippen LogP contribution in [0.5, 0.6) is 0 Å². The molecule has 0 amide bonds. The van der Waals surface area contributed by atoms with Crippen LogP contribution in [0.4, 0.5) is 0 Å². The van der Waals surface area contributed by atoms with Crippen molar-refractivity contribution in [2.24, 2.45) is 0 Å². The Morgan fingerprint density at radius 1 is 1.00 bits per heavy atom. The summed E-state index contributed by atoms with van der Waals surface area (Å²) in [6.07, 6.45) is 2.64. The van der Waals surface area contributed by atoms with Gasteiger partial charge in [0.25, 0.3) is 0 Å². The monoisotopic (exact) mass is 222 g/mol. The van der Waals surface area contributed by atoms with Gasteiger partial charge in [-0.15, -0.1) is 0 Å². The molecule has 0 saturated carbocycles. The zero-order chi connectivity index (χ0) is 12.6. The van der Waals surface area contributed by atoms with Gasteiger partial charge in [0, 0.05) is 5.41 Å². The minimum atomic E-state index is -0.117. The molecular formula is C15H26O. The highest BCUT2D eigenvalue weighted by Gasteiger charge is 2.18. The molecule has 0 aliphatic rings. The molecule has 0 atom stereocenters. The number of benzene rings is 1. The van der Waals surface area contributed by atoms with Crippen LogP contribution in [0, 0.1) is 6.92 Å². The van der Waals surface area contributed by atoms with E-state index in [0.29, 0.717) is 0 Å². The lowest BCUT2D eigenvalue weighted by Crippen LogP contribution is -2.21. The van der Waals surface area contributed by atoms with Crippen molar-refractivity contribution < 1.29 is 5.11 Å². The molecule has 1 heteroatoms. The first kappa shape index (κ1) is 15.2. The molecule has 0 aliphatic carbocycles. The highest BCUT2D eigenvalue weighted by molar-refractivity contribution is 5.27. The third kappa shape index (κ3) is 5.32. The Kier molecular flexibility index (Phi) is 7.07. The molecule has 1 nitrogen and oxygen atoms in total. The molecule has 0 fully saturated rings. The second-order valence-electron chi connectivity index (χ2n) is 4.91. The highest BCUT2D eigenvalue weighted by atomic mass is 16.3. The van der Waals surface area contributed by atoms with E-state index in [0.717, 1.165) is 0 Å². The van der Waals surface area contributed by atoms with Gasteiger partial charge in [-0.25, -0.2) is 0 Å². The smallest absolute Gasteiger partial charge is 0.0522 e. The fourth-order valence-corrected chi connectivity index (χ4v) is 1.10. The number of hydrogen-bond acceptors (Lipinski definition) is 1. The van der Waals surface area contributed by atoms with E-state index in [4.69, 9.17) is 5.11 Å². The number of aryl methyl sites for hydroxylation is 1. The van der Waals surface area contributed by atoms with Crippen LogP contribution in [-0.4, -0.2) is 11.7 Å². The van der Waals surface area contributed by atoms with E-state index in [9.17, 15) is 0 Å². The minimum absolute atomic E-state index is 0.117. The predicted molar refractivity (Wildman–Crippen MR) is 71.9 cm³/mol. The molecular weight excluding hydrogens is 196 g/mol. The third-order valence-corrected chi connectivity index (χ3v) is 2.73. The number of hydrogen-bond donors (Lipinski definition) is 1. The summed E-state index contributed by atoms with van der Waals surface area (Å²) >= 11 is 0. The zero-order valence-corrected chi connectivity index (χ0v) is 11.4. The minimum Gasteiger partial charge on any atom is -0.395 e. The summed E-state index contributed by atoms with van der Waals surface area (Å²) in [5, 5.41) is 9.12. The molecule has 16 heavy (non-hydrogen) atoms. The topological polar surface area (TPSA) is 20.2 Å². The summed E-state index contributed by atoms with van der Waals surface area (Å²) in [4.78, 5) is 0. The molecule has 0 aromatic heterocycles. The zero-order valence-electron chi connectivity index (χ0n) is 11.4. The maximum Gasteiger partial charge on any atom is 0.0522 e. The van der Waals surface area contributed by atoms with Crippen molar-refractivity contribution in [3.63, 3.8) is 0 Å².